The van der Waals surface area contributed by atoms with E-state index in [-0.39, 0.29) is 20.1 Å². The molecule has 0 saturated heterocycles. The minimum atomic E-state index is 0. The van der Waals surface area contributed by atoms with Gasteiger partial charge in [0.1, 0.15) is 0 Å². The zero-order valence-corrected chi connectivity index (χ0v) is 29.7. The fourth-order valence-electron chi connectivity index (χ4n) is 6.07. The molecule has 0 amide bonds. The third-order valence-corrected chi connectivity index (χ3v) is 8.77. The van der Waals surface area contributed by atoms with Gasteiger partial charge in [-0.15, -0.1) is 108 Å². The van der Waals surface area contributed by atoms with Gasteiger partial charge in [-0.25, -0.2) is 0 Å². The zero-order chi connectivity index (χ0) is 32.4. The van der Waals surface area contributed by atoms with Gasteiger partial charge in [-0.1, -0.05) is 54.1 Å². The Labute approximate surface area is 303 Å². The van der Waals surface area contributed by atoms with E-state index in [1.807, 2.05) is 85.5 Å². The second-order valence-electron chi connectivity index (χ2n) is 12.1. The molecule has 0 saturated carbocycles. The molecule has 0 aliphatic carbocycles. The monoisotopic (exact) mass is 811 g/mol. The largest absolute Gasteiger partial charge is 3.00 e. The van der Waals surface area contributed by atoms with Crippen LogP contribution in [-0.2, 0) is 58.6 Å². The molecule has 0 atom stereocenters. The maximum absolute atomic E-state index is 4.75. The Kier molecular flexibility index (Phi) is 11.7. The summed E-state index contributed by atoms with van der Waals surface area (Å²) >= 11 is 0. The van der Waals surface area contributed by atoms with Crippen LogP contribution in [0.1, 0.15) is 33.4 Å². The van der Waals surface area contributed by atoms with E-state index in [2.05, 4.69) is 83.8 Å². The van der Waals surface area contributed by atoms with E-state index in [0.29, 0.717) is 0 Å². The van der Waals surface area contributed by atoms with E-state index >= 15 is 0 Å². The van der Waals surface area contributed by atoms with E-state index < -0.39 is 0 Å². The van der Waals surface area contributed by atoms with Crippen LogP contribution in [0.2, 0.25) is 0 Å². The van der Waals surface area contributed by atoms with Gasteiger partial charge < -0.3 is 9.97 Å². The van der Waals surface area contributed by atoms with Crippen molar-refractivity contribution in [2.24, 2.45) is 0 Å². The Morgan fingerprint density at radius 1 is 0.408 bits per heavy atom. The van der Waals surface area contributed by atoms with Crippen molar-refractivity contribution in [1.82, 2.24) is 15.0 Å². The normalized spacial score (nSPS) is 10.8. The molecule has 0 aliphatic heterocycles. The summed E-state index contributed by atoms with van der Waals surface area (Å²) < 4.78 is 0. The molecule has 3 nitrogen and oxygen atoms in total. The summed E-state index contributed by atoms with van der Waals surface area (Å²) in [6.07, 6.45) is 13.6. The molecule has 0 aliphatic rings. The van der Waals surface area contributed by atoms with E-state index in [1.165, 1.54) is 33.4 Å². The summed E-state index contributed by atoms with van der Waals surface area (Å²) in [5.74, 6) is 0. The standard InChI is InChI=1S/C45H36N3.Ir/c1-4-10-38(11-5-1)43-29-37(30-46-33-43)17-16-34-18-23-39(24-19-35-21-26-44(47-31-35)40-12-6-2-7-13-40)42(28-34)25-20-36-22-27-45(48-32-36)41-14-8-3-9-15-41;/h1-10,12,14,18,21-23,26-33H,16-17,19-20,24-25H2;/q-3;+3. The first-order valence-electron chi connectivity index (χ1n) is 16.6. The Balaban J connectivity index is 0.00000417. The van der Waals surface area contributed by atoms with E-state index in [9.17, 15) is 0 Å². The Morgan fingerprint density at radius 3 is 1.49 bits per heavy atom. The molecule has 0 spiro atoms. The van der Waals surface area contributed by atoms with Crippen molar-refractivity contribution in [2.75, 3.05) is 0 Å². The van der Waals surface area contributed by atoms with Crippen LogP contribution in [-0.4, -0.2) is 15.0 Å². The maximum Gasteiger partial charge on any atom is 3.00 e. The molecule has 49 heavy (non-hydrogen) atoms. The van der Waals surface area contributed by atoms with Crippen LogP contribution in [0.25, 0.3) is 33.6 Å². The summed E-state index contributed by atoms with van der Waals surface area (Å²) in [4.78, 5) is 14.0. The fourth-order valence-corrected chi connectivity index (χ4v) is 6.07. The van der Waals surface area contributed by atoms with Crippen molar-refractivity contribution in [3.63, 3.8) is 0 Å². The average Bonchev–Trinajstić information content (AvgIpc) is 3.17. The van der Waals surface area contributed by atoms with Gasteiger partial charge in [0, 0.05) is 18.6 Å². The van der Waals surface area contributed by atoms with Crippen LogP contribution in [0, 0.1) is 18.2 Å². The zero-order valence-electron chi connectivity index (χ0n) is 27.3. The van der Waals surface area contributed by atoms with Gasteiger partial charge >= 0.3 is 20.1 Å². The van der Waals surface area contributed by atoms with Crippen molar-refractivity contribution in [2.45, 2.75) is 38.5 Å². The maximum atomic E-state index is 4.75. The summed E-state index contributed by atoms with van der Waals surface area (Å²) in [5.41, 5.74) is 14.0. The smallest absolute Gasteiger partial charge is 0.304 e. The number of hydrogen-bond acceptors (Lipinski definition) is 3. The second-order valence-corrected chi connectivity index (χ2v) is 12.1. The van der Waals surface area contributed by atoms with Gasteiger partial charge in [-0.2, -0.15) is 0 Å². The molecular formula is C45H36IrN3. The number of aryl methyl sites for hydroxylation is 6. The molecule has 0 fully saturated rings. The number of pyridine rings is 3. The Hall–Kier alpha value is -5.02. The number of hydrogen-bond donors (Lipinski definition) is 0. The van der Waals surface area contributed by atoms with Crippen molar-refractivity contribution >= 4 is 0 Å². The molecule has 4 heteroatoms. The summed E-state index contributed by atoms with van der Waals surface area (Å²) in [6, 6.07) is 51.8. The molecule has 0 radical (unpaired) electrons. The van der Waals surface area contributed by atoms with E-state index in [0.717, 1.165) is 72.2 Å². The molecule has 7 rings (SSSR count). The third-order valence-electron chi connectivity index (χ3n) is 8.77. The van der Waals surface area contributed by atoms with Gasteiger partial charge in [-0.05, 0) is 89.5 Å². The van der Waals surface area contributed by atoms with E-state index in [4.69, 9.17) is 9.97 Å². The van der Waals surface area contributed by atoms with Crippen molar-refractivity contribution in [3.8, 4) is 33.6 Å². The molecule has 7 aromatic rings. The van der Waals surface area contributed by atoms with Gasteiger partial charge in [-0.3, -0.25) is 4.98 Å². The SMILES string of the molecule is [Ir+3].[c-]1ccccc1-c1cncc(CCc2ccc(CCc3ccc(-c4[c-]cccc4)nc3)c(CCc3ccc(-c4[c-]cccc4)nc3)c2)c1. The van der Waals surface area contributed by atoms with E-state index in [1.54, 1.807) is 0 Å². The number of aromatic nitrogens is 3. The first-order chi connectivity index (χ1) is 23.8. The molecule has 0 unspecified atom stereocenters. The molecule has 4 aromatic carbocycles. The molecule has 3 heterocycles. The Bertz CT molecular complexity index is 2040. The molecule has 0 bridgehead atoms. The summed E-state index contributed by atoms with van der Waals surface area (Å²) in [6.45, 7) is 0. The summed E-state index contributed by atoms with van der Waals surface area (Å²) in [5, 5.41) is 0. The molecule has 240 valence electrons. The Morgan fingerprint density at radius 2 is 0.939 bits per heavy atom. The number of benzene rings is 4. The predicted octanol–water partition coefficient (Wildman–Crippen LogP) is 9.63. The van der Waals surface area contributed by atoms with Gasteiger partial charge in [0.25, 0.3) is 0 Å². The van der Waals surface area contributed by atoms with Crippen molar-refractivity contribution < 1.29 is 20.1 Å². The third kappa shape index (κ3) is 9.12. The first-order valence-corrected chi connectivity index (χ1v) is 16.6. The molecular weight excluding hydrogens is 775 g/mol. The van der Waals surface area contributed by atoms with Crippen LogP contribution in [0.15, 0.2) is 146 Å². The molecule has 0 N–H and O–H groups in total. The van der Waals surface area contributed by atoms with Crippen LogP contribution in [0.3, 0.4) is 0 Å². The van der Waals surface area contributed by atoms with Gasteiger partial charge in [0.15, 0.2) is 0 Å². The van der Waals surface area contributed by atoms with Crippen LogP contribution < -0.4 is 0 Å². The quantitative estimate of drug-likeness (QED) is 0.116. The van der Waals surface area contributed by atoms with Crippen LogP contribution >= 0.6 is 0 Å². The minimum absolute atomic E-state index is 0. The minimum Gasteiger partial charge on any atom is -0.304 e. The van der Waals surface area contributed by atoms with Gasteiger partial charge in [0.05, 0.1) is 0 Å². The average molecular weight is 811 g/mol. The van der Waals surface area contributed by atoms with Crippen molar-refractivity contribution in [3.05, 3.63) is 198 Å². The number of nitrogens with zero attached hydrogens (tertiary/aromatic N) is 3. The van der Waals surface area contributed by atoms with Gasteiger partial charge in [0.2, 0.25) is 0 Å². The van der Waals surface area contributed by atoms with Crippen LogP contribution in [0.4, 0.5) is 0 Å². The summed E-state index contributed by atoms with van der Waals surface area (Å²) in [7, 11) is 0. The first kappa shape index (κ1) is 33.9. The van der Waals surface area contributed by atoms with Crippen molar-refractivity contribution in [1.29, 1.82) is 0 Å². The fraction of sp³-hybridized carbons (Fsp3) is 0.133. The van der Waals surface area contributed by atoms with Crippen LogP contribution in [0.5, 0.6) is 0 Å². The molecule has 3 aromatic heterocycles. The topological polar surface area (TPSA) is 38.7 Å². The number of rotatable bonds is 12. The second kappa shape index (κ2) is 16.9. The predicted molar refractivity (Wildman–Crippen MR) is 194 cm³/mol.